The van der Waals surface area contributed by atoms with Crippen molar-refractivity contribution in [3.05, 3.63) is 76.6 Å². The van der Waals surface area contributed by atoms with Crippen molar-refractivity contribution in [3.8, 4) is 0 Å². The Hall–Kier alpha value is -2.99. The van der Waals surface area contributed by atoms with Crippen LogP contribution in [0.5, 0.6) is 0 Å². The molecule has 0 saturated carbocycles. The summed E-state index contributed by atoms with van der Waals surface area (Å²) in [6.07, 6.45) is 0. The third-order valence-corrected chi connectivity index (χ3v) is 6.26. The summed E-state index contributed by atoms with van der Waals surface area (Å²) in [4.78, 5) is 20.3. The fourth-order valence-electron chi connectivity index (χ4n) is 3.48. The molecule has 6 heteroatoms. The quantitative estimate of drug-likeness (QED) is 0.409. The average molecular weight is 419 g/mol. The average Bonchev–Trinajstić information content (AvgIpc) is 3.30. The van der Waals surface area contributed by atoms with Gasteiger partial charge in [0.15, 0.2) is 5.13 Å². The summed E-state index contributed by atoms with van der Waals surface area (Å²) >= 11 is 1.56. The Kier molecular flexibility index (Phi) is 5.43. The van der Waals surface area contributed by atoms with Crippen LogP contribution in [0.3, 0.4) is 0 Å². The number of hydrogen-bond donors (Lipinski definition) is 0. The molecule has 0 aliphatic rings. The number of aromatic nitrogens is 3. The van der Waals surface area contributed by atoms with Gasteiger partial charge < -0.3 is 0 Å². The zero-order valence-corrected chi connectivity index (χ0v) is 18.8. The minimum Gasteiger partial charge on any atom is -0.278 e. The van der Waals surface area contributed by atoms with Gasteiger partial charge in [-0.2, -0.15) is 5.10 Å². The van der Waals surface area contributed by atoms with E-state index >= 15 is 0 Å². The first kappa shape index (κ1) is 20.3. The van der Waals surface area contributed by atoms with Gasteiger partial charge in [0.1, 0.15) is 5.69 Å². The minimum absolute atomic E-state index is 0.0827. The molecule has 0 aliphatic heterocycles. The maximum Gasteiger partial charge on any atom is 0.278 e. The predicted octanol–water partition coefficient (Wildman–Crippen LogP) is 5.85. The monoisotopic (exact) mass is 418 g/mol. The molecule has 30 heavy (non-hydrogen) atoms. The molecule has 0 radical (unpaired) electrons. The van der Waals surface area contributed by atoms with Crippen LogP contribution in [0.2, 0.25) is 0 Å². The molecule has 4 aromatic rings. The Bertz CT molecular complexity index is 1170. The van der Waals surface area contributed by atoms with Gasteiger partial charge in [-0.15, -0.1) is 0 Å². The van der Waals surface area contributed by atoms with Gasteiger partial charge in [-0.1, -0.05) is 41.7 Å². The van der Waals surface area contributed by atoms with Crippen LogP contribution in [0.15, 0.2) is 48.5 Å². The van der Waals surface area contributed by atoms with Gasteiger partial charge in [0.05, 0.1) is 22.5 Å². The third-order valence-electron chi connectivity index (χ3n) is 5.22. The zero-order valence-electron chi connectivity index (χ0n) is 18.0. The number of fused-ring (bicyclic) bond motifs is 1. The number of thiazole rings is 1. The molecule has 0 aliphatic carbocycles. The number of benzene rings is 2. The van der Waals surface area contributed by atoms with Crippen LogP contribution in [-0.2, 0) is 6.54 Å². The Morgan fingerprint density at radius 2 is 1.77 bits per heavy atom. The van der Waals surface area contributed by atoms with Gasteiger partial charge in [-0.05, 0) is 69.5 Å². The number of nitrogens with zero attached hydrogens (tertiary/aromatic N) is 4. The topological polar surface area (TPSA) is 51.0 Å². The van der Waals surface area contributed by atoms with Gasteiger partial charge in [-0.3, -0.25) is 14.4 Å². The lowest BCUT2D eigenvalue weighted by Crippen LogP contribution is -2.32. The molecule has 2 aromatic heterocycles. The molecule has 0 saturated heterocycles. The smallest absolute Gasteiger partial charge is 0.278 e. The van der Waals surface area contributed by atoms with E-state index in [2.05, 4.69) is 31.1 Å². The highest BCUT2D eigenvalue weighted by molar-refractivity contribution is 7.22. The van der Waals surface area contributed by atoms with Crippen molar-refractivity contribution < 1.29 is 4.79 Å². The molecule has 0 unspecified atom stereocenters. The molecule has 4 rings (SSSR count). The van der Waals surface area contributed by atoms with Gasteiger partial charge in [0.2, 0.25) is 0 Å². The first-order chi connectivity index (χ1) is 14.3. The fourth-order valence-corrected chi connectivity index (χ4v) is 4.53. The van der Waals surface area contributed by atoms with Crippen LogP contribution in [0.1, 0.15) is 52.8 Å². The molecule has 1 amide bonds. The molecule has 0 bridgehead atoms. The van der Waals surface area contributed by atoms with E-state index in [1.165, 1.54) is 11.1 Å². The zero-order chi connectivity index (χ0) is 21.4. The molecule has 2 aromatic carbocycles. The summed E-state index contributed by atoms with van der Waals surface area (Å²) in [6, 6.07) is 16.2. The Balaban J connectivity index is 1.82. The summed E-state index contributed by atoms with van der Waals surface area (Å²) in [5.41, 5.74) is 5.84. The van der Waals surface area contributed by atoms with E-state index in [1.807, 2.05) is 57.2 Å². The van der Waals surface area contributed by atoms with Crippen molar-refractivity contribution >= 4 is 32.6 Å². The Labute approximate surface area is 181 Å². The molecule has 0 atom stereocenters. The van der Waals surface area contributed by atoms with E-state index in [4.69, 9.17) is 4.98 Å². The lowest BCUT2D eigenvalue weighted by atomic mass is 10.1. The summed E-state index contributed by atoms with van der Waals surface area (Å²) in [5.74, 6) is -0.0827. The van der Waals surface area contributed by atoms with Crippen molar-refractivity contribution in [1.29, 1.82) is 0 Å². The summed E-state index contributed by atoms with van der Waals surface area (Å²) in [5, 5.41) is 5.24. The highest BCUT2D eigenvalue weighted by Gasteiger charge is 2.26. The number of carbonyl (C=O) groups is 1. The molecule has 0 spiro atoms. The van der Waals surface area contributed by atoms with Crippen LogP contribution in [0.25, 0.3) is 10.2 Å². The number of anilines is 1. The second-order valence-electron chi connectivity index (χ2n) is 7.99. The normalized spacial score (nSPS) is 11.4. The molecule has 5 nitrogen and oxygen atoms in total. The van der Waals surface area contributed by atoms with E-state index in [1.54, 1.807) is 20.9 Å². The predicted molar refractivity (Wildman–Crippen MR) is 123 cm³/mol. The van der Waals surface area contributed by atoms with E-state index in [0.717, 1.165) is 21.5 Å². The summed E-state index contributed by atoms with van der Waals surface area (Å²) in [7, 11) is 0. The number of rotatable bonds is 5. The molecule has 0 N–H and O–H groups in total. The lowest BCUT2D eigenvalue weighted by Gasteiger charge is -2.21. The summed E-state index contributed by atoms with van der Waals surface area (Å²) < 4.78 is 2.89. The van der Waals surface area contributed by atoms with Crippen LogP contribution in [0.4, 0.5) is 5.13 Å². The summed E-state index contributed by atoms with van der Waals surface area (Å²) in [6.45, 7) is 10.6. The highest BCUT2D eigenvalue weighted by atomic mass is 32.1. The molecule has 154 valence electrons. The van der Waals surface area contributed by atoms with Crippen molar-refractivity contribution in [2.75, 3.05) is 4.90 Å². The first-order valence-corrected chi connectivity index (χ1v) is 10.9. The molecular formula is C24H26N4OS. The van der Waals surface area contributed by atoms with E-state index < -0.39 is 0 Å². The second kappa shape index (κ2) is 8.03. The van der Waals surface area contributed by atoms with E-state index in [-0.39, 0.29) is 11.9 Å². The fraction of sp³-hybridized carbons (Fsp3) is 0.292. The van der Waals surface area contributed by atoms with Crippen LogP contribution < -0.4 is 4.90 Å². The standard InChI is InChI=1S/C24H26N4OS/c1-15(2)28-21(13-18(5)26-28)23(29)27(14-19-9-7-6-8-10-19)24-25-20-11-16(3)17(4)12-22(20)30-24/h6-13,15H,14H2,1-5H3. The third kappa shape index (κ3) is 3.87. The molecular weight excluding hydrogens is 392 g/mol. The number of aryl methyl sites for hydroxylation is 3. The van der Waals surface area contributed by atoms with Gasteiger partial charge in [-0.25, -0.2) is 4.98 Å². The largest absolute Gasteiger partial charge is 0.278 e. The van der Waals surface area contributed by atoms with Crippen molar-refractivity contribution in [1.82, 2.24) is 14.8 Å². The van der Waals surface area contributed by atoms with Crippen LogP contribution in [-0.4, -0.2) is 20.7 Å². The van der Waals surface area contributed by atoms with Crippen molar-refractivity contribution in [2.24, 2.45) is 0 Å². The molecule has 2 heterocycles. The Morgan fingerprint density at radius 3 is 2.47 bits per heavy atom. The first-order valence-electron chi connectivity index (χ1n) is 10.1. The van der Waals surface area contributed by atoms with Gasteiger partial charge in [0.25, 0.3) is 5.91 Å². The SMILES string of the molecule is Cc1cc(C(=O)N(Cc2ccccc2)c2nc3cc(C)c(C)cc3s2)n(C(C)C)n1. The van der Waals surface area contributed by atoms with E-state index in [9.17, 15) is 4.79 Å². The van der Waals surface area contributed by atoms with Crippen molar-refractivity contribution in [2.45, 2.75) is 47.2 Å². The number of hydrogen-bond acceptors (Lipinski definition) is 4. The minimum atomic E-state index is -0.0827. The van der Waals surface area contributed by atoms with Gasteiger partial charge in [0, 0.05) is 6.04 Å². The maximum atomic E-state index is 13.7. The highest BCUT2D eigenvalue weighted by Crippen LogP contribution is 2.32. The number of amides is 1. The van der Waals surface area contributed by atoms with Crippen LogP contribution >= 0.6 is 11.3 Å². The van der Waals surface area contributed by atoms with Gasteiger partial charge >= 0.3 is 0 Å². The molecule has 0 fully saturated rings. The Morgan fingerprint density at radius 1 is 1.07 bits per heavy atom. The number of carbonyl (C=O) groups excluding carboxylic acids is 1. The maximum absolute atomic E-state index is 13.7. The second-order valence-corrected chi connectivity index (χ2v) is 9.00. The van der Waals surface area contributed by atoms with Crippen LogP contribution in [0, 0.1) is 20.8 Å². The lowest BCUT2D eigenvalue weighted by molar-refractivity contribution is 0.0973. The van der Waals surface area contributed by atoms with Crippen molar-refractivity contribution in [3.63, 3.8) is 0 Å². The van der Waals surface area contributed by atoms with E-state index in [0.29, 0.717) is 17.4 Å².